The highest BCUT2D eigenvalue weighted by molar-refractivity contribution is 6.52. The lowest BCUT2D eigenvalue weighted by atomic mass is 9.98. The van der Waals surface area contributed by atoms with Gasteiger partial charge in [0, 0.05) is 17.8 Å². The van der Waals surface area contributed by atoms with E-state index in [1.165, 1.54) is 13.0 Å². The maximum atomic E-state index is 12.6. The van der Waals surface area contributed by atoms with Crippen molar-refractivity contribution in [1.29, 1.82) is 0 Å². The van der Waals surface area contributed by atoms with Crippen molar-refractivity contribution in [2.45, 2.75) is 13.0 Å². The molecular formula is C20H15N3O3. The van der Waals surface area contributed by atoms with Crippen LogP contribution in [0.25, 0.3) is 10.9 Å². The number of pyridine rings is 1. The number of hydrogen-bond acceptors (Lipinski definition) is 4. The average molecular weight is 345 g/mol. The van der Waals surface area contributed by atoms with Gasteiger partial charge in [-0.3, -0.25) is 24.3 Å². The summed E-state index contributed by atoms with van der Waals surface area (Å²) in [6, 6.07) is 8.50. The zero-order valence-electron chi connectivity index (χ0n) is 14.0. The number of aromatic nitrogens is 1. The second-order valence-corrected chi connectivity index (χ2v) is 6.08. The van der Waals surface area contributed by atoms with Crippen LogP contribution in [-0.2, 0) is 9.59 Å². The minimum absolute atomic E-state index is 0.0491. The minimum Gasteiger partial charge on any atom is -0.320 e. The van der Waals surface area contributed by atoms with Crippen molar-refractivity contribution in [2.24, 2.45) is 4.99 Å². The third kappa shape index (κ3) is 2.61. The molecule has 0 saturated heterocycles. The van der Waals surface area contributed by atoms with E-state index in [4.69, 9.17) is 0 Å². The lowest BCUT2D eigenvalue weighted by molar-refractivity contribution is -0.116. The van der Waals surface area contributed by atoms with E-state index in [0.717, 1.165) is 15.9 Å². The third-order valence-electron chi connectivity index (χ3n) is 4.32. The zero-order valence-corrected chi connectivity index (χ0v) is 14.0. The molecule has 2 heterocycles. The second-order valence-electron chi connectivity index (χ2n) is 6.08. The molecule has 0 bridgehead atoms. The molecule has 4 rings (SSSR count). The SMILES string of the molecule is CC(=O)N(C1=NC2C=CC=CC2=CC1=O)c1cc2ccccc2[nH]c1=O. The number of ketones is 1. The smallest absolute Gasteiger partial charge is 0.272 e. The Bertz CT molecular complexity index is 1120. The molecule has 2 aliphatic rings. The molecule has 2 aromatic rings. The number of carbonyl (C=O) groups is 2. The predicted octanol–water partition coefficient (Wildman–Crippen LogP) is 2.28. The summed E-state index contributed by atoms with van der Waals surface area (Å²) >= 11 is 0. The van der Waals surface area contributed by atoms with Crippen LogP contribution >= 0.6 is 0 Å². The Labute approximate surface area is 148 Å². The molecule has 0 radical (unpaired) electrons. The van der Waals surface area contributed by atoms with Gasteiger partial charge in [-0.1, -0.05) is 42.5 Å². The Morgan fingerprint density at radius 2 is 2.00 bits per heavy atom. The summed E-state index contributed by atoms with van der Waals surface area (Å²) in [6.45, 7) is 1.31. The lowest BCUT2D eigenvalue weighted by Gasteiger charge is -2.26. The highest BCUT2D eigenvalue weighted by atomic mass is 16.2. The molecule has 1 aromatic carbocycles. The van der Waals surface area contributed by atoms with Gasteiger partial charge in [0.1, 0.15) is 5.69 Å². The fourth-order valence-corrected chi connectivity index (χ4v) is 3.11. The van der Waals surface area contributed by atoms with E-state index in [1.807, 2.05) is 42.5 Å². The van der Waals surface area contributed by atoms with Crippen LogP contribution in [0.1, 0.15) is 6.92 Å². The molecule has 1 atom stereocenters. The first kappa shape index (κ1) is 16.0. The fraction of sp³-hybridized carbons (Fsp3) is 0.100. The number of aliphatic imine (C=N–C) groups is 1. The summed E-state index contributed by atoms with van der Waals surface area (Å²) < 4.78 is 0. The summed E-state index contributed by atoms with van der Waals surface area (Å²) in [5, 5.41) is 0.758. The molecule has 6 heteroatoms. The summed E-state index contributed by atoms with van der Waals surface area (Å²) in [7, 11) is 0. The number of carbonyl (C=O) groups excluding carboxylic acids is 2. The van der Waals surface area contributed by atoms with Crippen LogP contribution in [0.15, 0.2) is 76.1 Å². The number of nitrogens with one attached hydrogen (secondary N) is 1. The first-order valence-corrected chi connectivity index (χ1v) is 8.16. The van der Waals surface area contributed by atoms with Gasteiger partial charge in [-0.05, 0) is 23.8 Å². The number of H-pyrrole nitrogens is 1. The summed E-state index contributed by atoms with van der Waals surface area (Å²) in [5.74, 6) is -0.906. The van der Waals surface area contributed by atoms with Gasteiger partial charge in [0.05, 0.1) is 6.04 Å². The molecular weight excluding hydrogens is 330 g/mol. The molecule has 128 valence electrons. The van der Waals surface area contributed by atoms with Gasteiger partial charge >= 0.3 is 0 Å². The third-order valence-corrected chi connectivity index (χ3v) is 4.32. The lowest BCUT2D eigenvalue weighted by Crippen LogP contribution is -2.44. The van der Waals surface area contributed by atoms with Crippen LogP contribution < -0.4 is 10.5 Å². The van der Waals surface area contributed by atoms with Crippen molar-refractivity contribution in [3.05, 3.63) is 76.6 Å². The van der Waals surface area contributed by atoms with E-state index in [0.29, 0.717) is 5.52 Å². The van der Waals surface area contributed by atoms with Gasteiger partial charge in [-0.25, -0.2) is 0 Å². The van der Waals surface area contributed by atoms with Crippen molar-refractivity contribution in [2.75, 3.05) is 4.90 Å². The van der Waals surface area contributed by atoms with Crippen LogP contribution in [0.2, 0.25) is 0 Å². The monoisotopic (exact) mass is 345 g/mol. The normalized spacial score (nSPS) is 18.3. The maximum Gasteiger partial charge on any atom is 0.272 e. The van der Waals surface area contributed by atoms with Crippen LogP contribution in [0.3, 0.4) is 0 Å². The molecule has 1 aliphatic carbocycles. The van der Waals surface area contributed by atoms with Gasteiger partial charge in [0.25, 0.3) is 5.56 Å². The van der Waals surface area contributed by atoms with E-state index in [1.54, 1.807) is 12.1 Å². The summed E-state index contributed by atoms with van der Waals surface area (Å²) in [4.78, 5) is 45.7. The fourth-order valence-electron chi connectivity index (χ4n) is 3.11. The van der Waals surface area contributed by atoms with Crippen molar-refractivity contribution < 1.29 is 9.59 Å². The van der Waals surface area contributed by atoms with Gasteiger partial charge in [0.15, 0.2) is 5.84 Å². The number of dihydropyridines is 1. The number of amides is 1. The molecule has 1 aromatic heterocycles. The topological polar surface area (TPSA) is 82.6 Å². The minimum atomic E-state index is -0.455. The largest absolute Gasteiger partial charge is 0.320 e. The number of aromatic amines is 1. The molecule has 0 saturated carbocycles. The highest BCUT2D eigenvalue weighted by Gasteiger charge is 2.30. The van der Waals surface area contributed by atoms with Crippen LogP contribution in [0.4, 0.5) is 5.69 Å². The number of rotatable bonds is 1. The van der Waals surface area contributed by atoms with E-state index < -0.39 is 17.2 Å². The van der Waals surface area contributed by atoms with Crippen molar-refractivity contribution in [3.63, 3.8) is 0 Å². The van der Waals surface area contributed by atoms with Gasteiger partial charge < -0.3 is 4.98 Å². The Kier molecular flexibility index (Phi) is 3.73. The van der Waals surface area contributed by atoms with Crippen LogP contribution in [-0.4, -0.2) is 28.6 Å². The number of para-hydroxylation sites is 1. The molecule has 1 aliphatic heterocycles. The number of nitrogens with zero attached hydrogens (tertiary/aromatic N) is 2. The number of hydrogen-bond donors (Lipinski definition) is 1. The number of benzene rings is 1. The zero-order chi connectivity index (χ0) is 18.3. The standard InChI is InChI=1S/C20H15N3O3/c1-12(24)23(17-10-13-6-2-5-9-16(13)22-20(17)26)19-18(25)11-14-7-3-4-8-15(14)21-19/h2-11,15H,1H3,(H,22,26). The quantitative estimate of drug-likeness (QED) is 0.861. The first-order valence-electron chi connectivity index (χ1n) is 8.16. The van der Waals surface area contributed by atoms with E-state index >= 15 is 0 Å². The first-order chi connectivity index (χ1) is 12.5. The van der Waals surface area contributed by atoms with E-state index in [-0.39, 0.29) is 17.6 Å². The van der Waals surface area contributed by atoms with Gasteiger partial charge in [0.2, 0.25) is 11.7 Å². The summed E-state index contributed by atoms with van der Waals surface area (Å²) in [5.41, 5.74) is 1.04. The van der Waals surface area contributed by atoms with E-state index in [9.17, 15) is 14.4 Å². The molecule has 0 fully saturated rings. The maximum absolute atomic E-state index is 12.6. The molecule has 26 heavy (non-hydrogen) atoms. The number of allylic oxidation sites excluding steroid dienone is 2. The Morgan fingerprint density at radius 3 is 2.81 bits per heavy atom. The van der Waals surface area contributed by atoms with Crippen molar-refractivity contribution in [1.82, 2.24) is 4.98 Å². The predicted molar refractivity (Wildman–Crippen MR) is 100 cm³/mol. The van der Waals surface area contributed by atoms with Gasteiger partial charge in [-0.2, -0.15) is 0 Å². The molecule has 1 amide bonds. The molecule has 1 unspecified atom stereocenters. The second kappa shape index (κ2) is 6.07. The van der Waals surface area contributed by atoms with Crippen LogP contribution in [0, 0.1) is 0 Å². The number of fused-ring (bicyclic) bond motifs is 2. The number of amidine groups is 1. The Morgan fingerprint density at radius 1 is 1.19 bits per heavy atom. The van der Waals surface area contributed by atoms with Gasteiger partial charge in [-0.15, -0.1) is 0 Å². The Balaban J connectivity index is 1.86. The Hall–Kier alpha value is -3.54. The van der Waals surface area contributed by atoms with Crippen molar-refractivity contribution in [3.8, 4) is 0 Å². The van der Waals surface area contributed by atoms with Crippen molar-refractivity contribution >= 4 is 34.1 Å². The molecule has 0 spiro atoms. The highest BCUT2D eigenvalue weighted by Crippen LogP contribution is 2.23. The van der Waals surface area contributed by atoms with E-state index in [2.05, 4.69) is 9.98 Å². The van der Waals surface area contributed by atoms with Crippen LogP contribution in [0.5, 0.6) is 0 Å². The molecule has 6 nitrogen and oxygen atoms in total. The molecule has 1 N–H and O–H groups in total. The number of anilines is 1. The average Bonchev–Trinajstić information content (AvgIpc) is 2.62. The summed E-state index contributed by atoms with van der Waals surface area (Å²) in [6.07, 6.45) is 8.76.